The molecule has 0 bridgehead atoms. The molecule has 0 aliphatic carbocycles. The Labute approximate surface area is 652 Å². The number of aliphatic hydroxyl groups excluding tert-OH is 16. The summed E-state index contributed by atoms with van der Waals surface area (Å²) in [7, 11) is 0. The van der Waals surface area contributed by atoms with Crippen LogP contribution in [0.3, 0.4) is 0 Å². The van der Waals surface area contributed by atoms with Gasteiger partial charge in [-0.15, -0.1) is 0 Å². The number of aliphatic carboxylic acids is 2. The SMILES string of the molecule is CCCCCCCCCCCCCC[C@@H](O)[C@@H](O)[C@H](COC1OC(COCCCCCCNC(=O)CCCCC(=O)CCCCOC2OC(CO)C(OC3OC(C(=O)O)C(O)C(OC4OC(CO)C(OC5OC(C(=O)O)C(O)C(O)C5O)C(O)C4O)C3O)C(O)C2O)C(O)C(O)C1O)NC(=O)CCCCCc1ccccc1. The molecule has 646 valence electrons. The van der Waals surface area contributed by atoms with Crippen molar-refractivity contribution in [3.8, 4) is 0 Å². The molecular formula is C76H128N2O34. The lowest BCUT2D eigenvalue weighted by Crippen LogP contribution is -2.68. The van der Waals surface area contributed by atoms with Crippen LogP contribution in [0.4, 0.5) is 0 Å². The predicted octanol–water partition coefficient (Wildman–Crippen LogP) is -1.62. The van der Waals surface area contributed by atoms with Gasteiger partial charge in [0.1, 0.15) is 122 Å². The quantitative estimate of drug-likeness (QED) is 0.0326. The molecule has 2 amide bonds. The number of carbonyl (C=O) groups excluding carboxylic acids is 3. The van der Waals surface area contributed by atoms with Gasteiger partial charge in [-0.3, -0.25) is 14.4 Å². The standard InChI is InChI=1S/C76H128N2O34/c1-2-3-4-5-6-7-8-9-10-11-12-20-33-46(82)52(85)45(78-51(84)35-21-16-19-30-43-28-17-15-18-29-43)41-104-73-59(92)54(87)53(86)49(107-73)42-102-37-26-14-13-25-36-77-50(83)34-23-22-31-44(81)32-24-27-38-103-72-61(94)57(90)65(47(39-79)105-72)109-76-64(97)67(63(96)69(112-76)71(100)101)110-74-62(95)58(91)66(48(40-80)106-74)108-75-60(93)55(88)56(89)68(111-75)70(98)99/h15,17-18,28-29,45-49,52-69,72-76,79-80,82,85-97H,2-14,16,19-27,30-42H2,1H3,(H,77,83)(H,78,84)(H,98,99)(H,100,101)/t45-,46+,47?,48?,49?,52-,53?,54?,55?,56?,57?,58?,59?,60?,61?,62?,63?,64?,65?,66?,67?,68?,69?,72?,73?,74?,75?,76?/m0/s1. The van der Waals surface area contributed by atoms with E-state index < -0.39 is 197 Å². The highest BCUT2D eigenvalue weighted by molar-refractivity contribution is 5.79. The summed E-state index contributed by atoms with van der Waals surface area (Å²) < 4.78 is 61.6. The number of unbranched alkanes of at least 4 members (excludes halogenated alkanes) is 18. The molecule has 0 aromatic heterocycles. The highest BCUT2D eigenvalue weighted by Gasteiger charge is 2.57. The van der Waals surface area contributed by atoms with Crippen molar-refractivity contribution in [3.05, 3.63) is 35.9 Å². The topological polar surface area (TPSA) is 575 Å². The minimum atomic E-state index is -2.31. The lowest BCUT2D eigenvalue weighted by molar-refractivity contribution is -0.385. The zero-order chi connectivity index (χ0) is 81.8. The zero-order valence-electron chi connectivity index (χ0n) is 64.1. The van der Waals surface area contributed by atoms with Gasteiger partial charge in [-0.25, -0.2) is 9.59 Å². The average Bonchev–Trinajstić information content (AvgIpc) is 0.778. The van der Waals surface area contributed by atoms with Crippen molar-refractivity contribution in [2.24, 2.45) is 0 Å². The van der Waals surface area contributed by atoms with E-state index in [0.29, 0.717) is 57.9 Å². The highest BCUT2D eigenvalue weighted by Crippen LogP contribution is 2.36. The van der Waals surface area contributed by atoms with Crippen molar-refractivity contribution in [1.82, 2.24) is 10.6 Å². The largest absolute Gasteiger partial charge is 0.479 e. The third-order valence-corrected chi connectivity index (χ3v) is 21.0. The van der Waals surface area contributed by atoms with E-state index in [1.165, 1.54) is 56.9 Å². The Morgan fingerprint density at radius 1 is 0.429 bits per heavy atom. The van der Waals surface area contributed by atoms with Gasteiger partial charge >= 0.3 is 11.9 Å². The first-order valence-corrected chi connectivity index (χ1v) is 40.1. The second-order valence-corrected chi connectivity index (χ2v) is 29.9. The summed E-state index contributed by atoms with van der Waals surface area (Å²) in [4.78, 5) is 62.5. The van der Waals surface area contributed by atoms with Gasteiger partial charge in [-0.2, -0.15) is 0 Å². The summed E-state index contributed by atoms with van der Waals surface area (Å²) in [6.45, 7) is 0.280. The maximum Gasteiger partial charge on any atom is 0.335 e. The highest BCUT2D eigenvalue weighted by atomic mass is 16.8. The van der Waals surface area contributed by atoms with Crippen LogP contribution in [0.1, 0.15) is 192 Å². The molecule has 20 N–H and O–H groups in total. The summed E-state index contributed by atoms with van der Waals surface area (Å²) in [5, 5.41) is 198. The molecule has 1 aromatic rings. The normalized spacial score (nSPS) is 33.2. The number of hydrogen-bond donors (Lipinski definition) is 20. The summed E-state index contributed by atoms with van der Waals surface area (Å²) in [5.74, 6) is -4.21. The van der Waals surface area contributed by atoms with E-state index >= 15 is 0 Å². The lowest BCUT2D eigenvalue weighted by atomic mass is 9.95. The monoisotopic (exact) mass is 1610 g/mol. The van der Waals surface area contributed by atoms with Crippen LogP contribution in [0.15, 0.2) is 30.3 Å². The number of aliphatic hydroxyl groups is 16. The van der Waals surface area contributed by atoms with Gasteiger partial charge in [0, 0.05) is 45.4 Å². The Morgan fingerprint density at radius 3 is 1.50 bits per heavy atom. The van der Waals surface area contributed by atoms with E-state index in [1.54, 1.807) is 0 Å². The number of nitrogens with one attached hydrogen (secondary N) is 2. The summed E-state index contributed by atoms with van der Waals surface area (Å²) in [6.07, 6.45) is -28.8. The zero-order valence-corrected chi connectivity index (χ0v) is 64.1. The predicted molar refractivity (Wildman–Crippen MR) is 389 cm³/mol. The minimum absolute atomic E-state index is 0.0700. The molecule has 28 atom stereocenters. The number of amides is 2. The first-order chi connectivity index (χ1) is 53.7. The van der Waals surface area contributed by atoms with Gasteiger partial charge in [0.15, 0.2) is 43.7 Å². The van der Waals surface area contributed by atoms with Crippen molar-refractivity contribution in [2.75, 3.05) is 46.2 Å². The van der Waals surface area contributed by atoms with Gasteiger partial charge in [-0.1, -0.05) is 134 Å². The van der Waals surface area contributed by atoms with Crippen LogP contribution in [0, 0.1) is 0 Å². The van der Waals surface area contributed by atoms with Crippen LogP contribution in [0.25, 0.3) is 0 Å². The summed E-state index contributed by atoms with van der Waals surface area (Å²) in [5.41, 5.74) is 1.21. The van der Waals surface area contributed by atoms with Gasteiger partial charge in [-0.05, 0) is 69.8 Å². The molecule has 36 nitrogen and oxygen atoms in total. The number of aryl methyl sites for hydroxylation is 1. The molecule has 0 saturated carbocycles. The number of carboxylic acid groups (broad SMARTS) is 2. The fourth-order valence-electron chi connectivity index (χ4n) is 14.2. The molecule has 5 fully saturated rings. The van der Waals surface area contributed by atoms with Crippen LogP contribution in [-0.2, 0) is 82.5 Å². The minimum Gasteiger partial charge on any atom is -0.479 e. The number of ketones is 1. The van der Waals surface area contributed by atoms with Gasteiger partial charge in [0.25, 0.3) is 0 Å². The maximum absolute atomic E-state index is 13.3. The number of carboxylic acids is 2. The smallest absolute Gasteiger partial charge is 0.335 e. The first-order valence-electron chi connectivity index (χ1n) is 40.1. The Kier molecular flexibility index (Phi) is 44.6. The van der Waals surface area contributed by atoms with Crippen LogP contribution in [0.2, 0.25) is 0 Å². The number of benzene rings is 1. The Bertz CT molecular complexity index is 2790. The Morgan fingerprint density at radius 2 is 0.884 bits per heavy atom. The Hall–Kier alpha value is -4.31. The lowest BCUT2D eigenvalue weighted by Gasteiger charge is -2.48. The fourth-order valence-corrected chi connectivity index (χ4v) is 14.2. The van der Waals surface area contributed by atoms with E-state index in [0.717, 1.165) is 51.4 Å². The molecule has 36 heteroatoms. The average molecular weight is 1610 g/mol. The van der Waals surface area contributed by atoms with Crippen molar-refractivity contribution >= 4 is 29.5 Å². The molecule has 6 rings (SSSR count). The van der Waals surface area contributed by atoms with Gasteiger partial charge < -0.3 is 155 Å². The second-order valence-electron chi connectivity index (χ2n) is 29.9. The third-order valence-electron chi connectivity index (χ3n) is 21.0. The Balaban J connectivity index is 0.821. The number of Topliss-reactive ketones (excluding diaryl/α,β-unsaturated/α-hetero) is 1. The molecule has 5 aliphatic heterocycles. The van der Waals surface area contributed by atoms with E-state index in [2.05, 4.69) is 29.7 Å². The van der Waals surface area contributed by atoms with Gasteiger partial charge in [0.2, 0.25) is 11.8 Å². The maximum atomic E-state index is 13.3. The fraction of sp³-hybridized carbons (Fsp3) is 0.855. The third kappa shape index (κ3) is 30.9. The molecule has 0 spiro atoms. The number of ether oxygens (including phenoxy) is 11. The number of rotatable bonds is 55. The van der Waals surface area contributed by atoms with E-state index in [4.69, 9.17) is 52.1 Å². The molecule has 0 radical (unpaired) electrons. The molecular weight excluding hydrogens is 1480 g/mol. The van der Waals surface area contributed by atoms with Crippen molar-refractivity contribution in [3.63, 3.8) is 0 Å². The van der Waals surface area contributed by atoms with E-state index in [-0.39, 0.29) is 76.1 Å². The van der Waals surface area contributed by atoms with Crippen LogP contribution in [0.5, 0.6) is 0 Å². The summed E-state index contributed by atoms with van der Waals surface area (Å²) >= 11 is 0. The summed E-state index contributed by atoms with van der Waals surface area (Å²) in [6, 6.07) is 8.97. The van der Waals surface area contributed by atoms with E-state index in [1.807, 2.05) is 18.2 Å². The van der Waals surface area contributed by atoms with Crippen molar-refractivity contribution in [2.45, 2.75) is 365 Å². The second kappa shape index (κ2) is 51.8. The molecule has 5 aliphatic rings. The molecule has 5 heterocycles. The number of hydrogen-bond acceptors (Lipinski definition) is 32. The first kappa shape index (κ1) is 96.5. The van der Waals surface area contributed by atoms with Crippen LogP contribution >= 0.6 is 0 Å². The van der Waals surface area contributed by atoms with Crippen molar-refractivity contribution < 1.29 is 168 Å². The molecule has 25 unspecified atom stereocenters. The molecule has 1 aromatic carbocycles. The van der Waals surface area contributed by atoms with Crippen molar-refractivity contribution in [1.29, 1.82) is 0 Å². The molecule has 112 heavy (non-hydrogen) atoms. The van der Waals surface area contributed by atoms with Crippen LogP contribution < -0.4 is 10.6 Å². The number of carbonyl (C=O) groups is 5. The molecule has 5 saturated heterocycles. The van der Waals surface area contributed by atoms with E-state index in [9.17, 15) is 116 Å². The van der Waals surface area contributed by atoms with Gasteiger partial charge in [0.05, 0.1) is 38.6 Å². The van der Waals surface area contributed by atoms with Crippen LogP contribution in [-0.4, -0.2) is 339 Å².